The molecule has 0 saturated heterocycles. The van der Waals surface area contributed by atoms with Gasteiger partial charge in [-0.05, 0) is 42.0 Å². The van der Waals surface area contributed by atoms with Crippen molar-refractivity contribution in [1.82, 2.24) is 4.98 Å². The van der Waals surface area contributed by atoms with Crippen LogP contribution in [0.4, 0.5) is 17.2 Å². The van der Waals surface area contributed by atoms with Crippen molar-refractivity contribution in [2.75, 3.05) is 23.4 Å². The van der Waals surface area contributed by atoms with E-state index in [1.54, 1.807) is 37.6 Å². The third-order valence-corrected chi connectivity index (χ3v) is 4.46. The van der Waals surface area contributed by atoms with Crippen LogP contribution in [0.15, 0.2) is 71.9 Å². The number of nitrogens with zero attached hydrogens (tertiary/aromatic N) is 2. The van der Waals surface area contributed by atoms with Gasteiger partial charge in [0, 0.05) is 17.4 Å². The quantitative estimate of drug-likeness (QED) is 0.423. The Labute approximate surface area is 169 Å². The number of sulfonamides is 1. The number of benzene rings is 2. The van der Waals surface area contributed by atoms with Crippen LogP contribution in [0, 0.1) is 0 Å². The first kappa shape index (κ1) is 20.2. The van der Waals surface area contributed by atoms with Crippen molar-refractivity contribution in [3.63, 3.8) is 0 Å². The van der Waals surface area contributed by atoms with Gasteiger partial charge in [0.15, 0.2) is 11.8 Å². The van der Waals surface area contributed by atoms with Crippen molar-refractivity contribution in [3.05, 3.63) is 66.9 Å². The highest BCUT2D eigenvalue weighted by atomic mass is 32.2. The predicted octanol–water partition coefficient (Wildman–Crippen LogP) is 3.19. The maximum Gasteiger partial charge on any atom is 0.229 e. The summed E-state index contributed by atoms with van der Waals surface area (Å²) in [6, 6.07) is 18.0. The molecule has 0 radical (unpaired) electrons. The molecule has 8 nitrogen and oxygen atoms in total. The maximum atomic E-state index is 11.4. The second-order valence-electron chi connectivity index (χ2n) is 6.18. The molecule has 4 N–H and O–H groups in total. The standard InChI is InChI=1S/C20H21N5O3S/c1-28-18-9-4-3-8-17(18)23-20(21)24-19-11-10-15(13-22-19)14-6-5-7-16(12-14)25-29(2,26)27/h3-13,25H,1-2H3,(H3,21,22,23,24). The van der Waals surface area contributed by atoms with Gasteiger partial charge in [0.25, 0.3) is 0 Å². The molecular weight excluding hydrogens is 390 g/mol. The van der Waals surface area contributed by atoms with Crippen LogP contribution in [0.2, 0.25) is 0 Å². The van der Waals surface area contributed by atoms with E-state index >= 15 is 0 Å². The van der Waals surface area contributed by atoms with Gasteiger partial charge in [0.2, 0.25) is 10.0 Å². The molecule has 0 amide bonds. The average Bonchev–Trinajstić information content (AvgIpc) is 2.68. The Bertz CT molecular complexity index is 1130. The van der Waals surface area contributed by atoms with Crippen LogP contribution < -0.4 is 20.5 Å². The number of hydrogen-bond acceptors (Lipinski definition) is 5. The van der Waals surface area contributed by atoms with E-state index in [0.29, 0.717) is 22.9 Å². The van der Waals surface area contributed by atoms with Crippen molar-refractivity contribution < 1.29 is 13.2 Å². The second-order valence-corrected chi connectivity index (χ2v) is 7.93. The van der Waals surface area contributed by atoms with Gasteiger partial charge >= 0.3 is 0 Å². The number of aliphatic imine (C=N–C) groups is 1. The highest BCUT2D eigenvalue weighted by molar-refractivity contribution is 7.92. The fraction of sp³-hybridized carbons (Fsp3) is 0.100. The second kappa shape index (κ2) is 8.61. The van der Waals surface area contributed by atoms with E-state index in [-0.39, 0.29) is 5.96 Å². The Morgan fingerprint density at radius 1 is 1.07 bits per heavy atom. The molecule has 0 unspecified atom stereocenters. The molecule has 29 heavy (non-hydrogen) atoms. The molecule has 0 aliphatic heterocycles. The summed E-state index contributed by atoms with van der Waals surface area (Å²) in [5, 5.41) is 2.98. The molecule has 0 aliphatic rings. The van der Waals surface area contributed by atoms with Crippen LogP contribution in [0.1, 0.15) is 0 Å². The fourth-order valence-electron chi connectivity index (χ4n) is 2.64. The van der Waals surface area contributed by atoms with Gasteiger partial charge in [-0.1, -0.05) is 24.3 Å². The van der Waals surface area contributed by atoms with E-state index in [0.717, 1.165) is 17.4 Å². The monoisotopic (exact) mass is 411 g/mol. The van der Waals surface area contributed by atoms with Crippen LogP contribution in [-0.4, -0.2) is 32.7 Å². The molecule has 9 heteroatoms. The number of para-hydroxylation sites is 2. The number of rotatable bonds is 6. The zero-order valence-electron chi connectivity index (χ0n) is 16.0. The Morgan fingerprint density at radius 2 is 1.86 bits per heavy atom. The Morgan fingerprint density at radius 3 is 2.55 bits per heavy atom. The van der Waals surface area contributed by atoms with Crippen molar-refractivity contribution in [2.24, 2.45) is 10.7 Å². The largest absolute Gasteiger partial charge is 0.495 e. The summed E-state index contributed by atoms with van der Waals surface area (Å²) >= 11 is 0. The minimum absolute atomic E-state index is 0.175. The summed E-state index contributed by atoms with van der Waals surface area (Å²) in [6.07, 6.45) is 2.76. The highest BCUT2D eigenvalue weighted by Crippen LogP contribution is 2.25. The van der Waals surface area contributed by atoms with Gasteiger partial charge in [-0.15, -0.1) is 0 Å². The van der Waals surface area contributed by atoms with E-state index in [1.165, 1.54) is 0 Å². The van der Waals surface area contributed by atoms with Gasteiger partial charge < -0.3 is 15.8 Å². The molecule has 3 rings (SSSR count). The lowest BCUT2D eigenvalue weighted by Gasteiger charge is -2.10. The van der Waals surface area contributed by atoms with Crippen LogP contribution in [-0.2, 0) is 10.0 Å². The summed E-state index contributed by atoms with van der Waals surface area (Å²) in [5.41, 5.74) is 8.79. The van der Waals surface area contributed by atoms with Gasteiger partial charge in [0.05, 0.1) is 19.1 Å². The van der Waals surface area contributed by atoms with E-state index in [2.05, 4.69) is 20.0 Å². The summed E-state index contributed by atoms with van der Waals surface area (Å²) < 4.78 is 30.5. The molecule has 0 aliphatic carbocycles. The minimum Gasteiger partial charge on any atom is -0.495 e. The molecule has 1 heterocycles. The summed E-state index contributed by atoms with van der Waals surface area (Å²) in [5.74, 6) is 1.25. The van der Waals surface area contributed by atoms with E-state index in [1.807, 2.05) is 36.4 Å². The number of nitrogens with one attached hydrogen (secondary N) is 2. The molecule has 0 bridgehead atoms. The van der Waals surface area contributed by atoms with Crippen molar-refractivity contribution in [2.45, 2.75) is 0 Å². The molecule has 1 aromatic heterocycles. The lowest BCUT2D eigenvalue weighted by Crippen LogP contribution is -2.22. The van der Waals surface area contributed by atoms with Crippen LogP contribution in [0.3, 0.4) is 0 Å². The molecule has 2 aromatic carbocycles. The number of hydrogen-bond donors (Lipinski definition) is 3. The summed E-state index contributed by atoms with van der Waals surface area (Å²) in [6.45, 7) is 0. The third-order valence-electron chi connectivity index (χ3n) is 3.85. The van der Waals surface area contributed by atoms with Gasteiger partial charge in [-0.2, -0.15) is 4.99 Å². The van der Waals surface area contributed by atoms with Gasteiger partial charge in [-0.3, -0.25) is 4.72 Å². The number of pyridine rings is 1. The molecule has 3 aromatic rings. The van der Waals surface area contributed by atoms with E-state index in [9.17, 15) is 8.42 Å². The number of methoxy groups -OCH3 is 1. The van der Waals surface area contributed by atoms with Crippen LogP contribution >= 0.6 is 0 Å². The van der Waals surface area contributed by atoms with Crippen molar-refractivity contribution >= 4 is 33.2 Å². The molecule has 150 valence electrons. The minimum atomic E-state index is -3.34. The van der Waals surface area contributed by atoms with Gasteiger partial charge in [0.1, 0.15) is 5.75 Å². The first-order valence-corrected chi connectivity index (χ1v) is 10.5. The number of aromatic nitrogens is 1. The number of guanidine groups is 1. The maximum absolute atomic E-state index is 11.4. The Balaban J connectivity index is 1.76. The van der Waals surface area contributed by atoms with Crippen LogP contribution in [0.5, 0.6) is 5.75 Å². The van der Waals surface area contributed by atoms with Crippen molar-refractivity contribution in [1.29, 1.82) is 0 Å². The zero-order chi connectivity index (χ0) is 20.9. The molecule has 0 saturated carbocycles. The lowest BCUT2D eigenvalue weighted by atomic mass is 10.1. The fourth-order valence-corrected chi connectivity index (χ4v) is 3.19. The average molecular weight is 411 g/mol. The summed E-state index contributed by atoms with van der Waals surface area (Å²) in [4.78, 5) is 8.56. The Hall–Kier alpha value is -3.59. The number of nitrogens with two attached hydrogens (primary N) is 1. The first-order chi connectivity index (χ1) is 13.8. The summed E-state index contributed by atoms with van der Waals surface area (Å²) in [7, 11) is -1.76. The SMILES string of the molecule is COc1ccccc1NC(N)=Nc1ccc(-c2cccc(NS(C)(=O)=O)c2)cn1. The zero-order valence-corrected chi connectivity index (χ0v) is 16.8. The third kappa shape index (κ3) is 5.69. The number of anilines is 2. The van der Waals surface area contributed by atoms with E-state index < -0.39 is 10.0 Å². The molecule has 0 fully saturated rings. The van der Waals surface area contributed by atoms with Crippen molar-refractivity contribution in [3.8, 4) is 16.9 Å². The Kier molecular flexibility index (Phi) is 5.99. The van der Waals surface area contributed by atoms with E-state index in [4.69, 9.17) is 10.5 Å². The predicted molar refractivity (Wildman–Crippen MR) is 116 cm³/mol. The first-order valence-electron chi connectivity index (χ1n) is 8.62. The molecular formula is C20H21N5O3S. The normalized spacial score (nSPS) is 11.7. The highest BCUT2D eigenvalue weighted by Gasteiger charge is 2.06. The molecule has 0 atom stereocenters. The number of ether oxygens (including phenoxy) is 1. The van der Waals surface area contributed by atoms with Crippen LogP contribution in [0.25, 0.3) is 11.1 Å². The molecule has 0 spiro atoms. The smallest absolute Gasteiger partial charge is 0.229 e. The topological polar surface area (TPSA) is 119 Å². The van der Waals surface area contributed by atoms with Gasteiger partial charge in [-0.25, -0.2) is 13.4 Å². The lowest BCUT2D eigenvalue weighted by molar-refractivity contribution is 0.417.